The predicted octanol–water partition coefficient (Wildman–Crippen LogP) is 3.06. The summed E-state index contributed by atoms with van der Waals surface area (Å²) >= 11 is 0. The molecule has 2 aliphatic rings. The van der Waals surface area contributed by atoms with Gasteiger partial charge in [-0.25, -0.2) is 0 Å². The maximum absolute atomic E-state index is 3.72. The van der Waals surface area contributed by atoms with E-state index in [1.807, 2.05) is 0 Å². The highest BCUT2D eigenvalue weighted by Gasteiger charge is 2.56. The van der Waals surface area contributed by atoms with Crippen LogP contribution in [0.2, 0.25) is 0 Å². The van der Waals surface area contributed by atoms with Gasteiger partial charge in [-0.1, -0.05) is 33.6 Å². The fraction of sp³-hybridized carbons (Fsp3) is 1.00. The second-order valence-corrected chi connectivity index (χ2v) is 5.30. The summed E-state index contributed by atoms with van der Waals surface area (Å²) in [5, 5.41) is 3.72. The minimum Gasteiger partial charge on any atom is -0.314 e. The summed E-state index contributed by atoms with van der Waals surface area (Å²) in [6, 6.07) is 0.820. The zero-order valence-corrected chi connectivity index (χ0v) is 9.92. The normalized spacial score (nSPS) is 39.2. The molecule has 1 nitrogen and oxygen atoms in total. The fourth-order valence-electron chi connectivity index (χ4n) is 3.62. The third-order valence-electron chi connectivity index (χ3n) is 4.58. The molecule has 0 amide bonds. The maximum atomic E-state index is 3.72. The second-order valence-electron chi connectivity index (χ2n) is 5.30. The van der Waals surface area contributed by atoms with Crippen molar-refractivity contribution in [1.29, 1.82) is 0 Å². The van der Waals surface area contributed by atoms with Crippen molar-refractivity contribution < 1.29 is 0 Å². The molecule has 2 saturated carbocycles. The smallest absolute Gasteiger partial charge is 0.0126 e. The van der Waals surface area contributed by atoms with E-state index in [1.165, 1.54) is 25.7 Å². The molecule has 0 heterocycles. The van der Waals surface area contributed by atoms with E-state index in [4.69, 9.17) is 0 Å². The first-order valence-corrected chi connectivity index (χ1v) is 6.53. The van der Waals surface area contributed by atoms with Gasteiger partial charge in [-0.3, -0.25) is 0 Å². The molecule has 4 unspecified atom stereocenters. The van der Waals surface area contributed by atoms with Crippen LogP contribution in [0.4, 0.5) is 0 Å². The molecule has 4 atom stereocenters. The van der Waals surface area contributed by atoms with E-state index in [-0.39, 0.29) is 0 Å². The van der Waals surface area contributed by atoms with Crippen molar-refractivity contribution in [2.75, 3.05) is 6.54 Å². The Labute approximate surface area is 88.7 Å². The molecule has 1 heteroatoms. The lowest BCUT2D eigenvalue weighted by Gasteiger charge is -2.25. The van der Waals surface area contributed by atoms with Crippen LogP contribution >= 0.6 is 0 Å². The molecule has 0 aliphatic heterocycles. The Morgan fingerprint density at radius 1 is 1.21 bits per heavy atom. The summed E-state index contributed by atoms with van der Waals surface area (Å²) in [7, 11) is 0. The molecule has 0 spiro atoms. The second kappa shape index (κ2) is 4.22. The monoisotopic (exact) mass is 195 g/mol. The van der Waals surface area contributed by atoms with E-state index in [0.29, 0.717) is 0 Å². The summed E-state index contributed by atoms with van der Waals surface area (Å²) in [6.07, 6.45) is 5.88. The van der Waals surface area contributed by atoms with Crippen LogP contribution in [-0.4, -0.2) is 12.6 Å². The third-order valence-corrected chi connectivity index (χ3v) is 4.58. The van der Waals surface area contributed by atoms with Gasteiger partial charge in [0.25, 0.3) is 0 Å². The van der Waals surface area contributed by atoms with Crippen LogP contribution in [0.3, 0.4) is 0 Å². The molecule has 2 rings (SSSR count). The molecule has 14 heavy (non-hydrogen) atoms. The van der Waals surface area contributed by atoms with Crippen LogP contribution < -0.4 is 5.32 Å². The molecule has 0 aromatic heterocycles. The average molecular weight is 195 g/mol. The SMILES string of the molecule is CCNC(C(C)CC)C1C2CCCC21. The number of hydrogen-bond donors (Lipinski definition) is 1. The Morgan fingerprint density at radius 2 is 1.86 bits per heavy atom. The van der Waals surface area contributed by atoms with E-state index in [1.54, 1.807) is 0 Å². The summed E-state index contributed by atoms with van der Waals surface area (Å²) < 4.78 is 0. The Bertz CT molecular complexity index is 180. The fourth-order valence-corrected chi connectivity index (χ4v) is 3.62. The van der Waals surface area contributed by atoms with Crippen LogP contribution in [0.15, 0.2) is 0 Å². The Morgan fingerprint density at radius 3 is 2.36 bits per heavy atom. The Hall–Kier alpha value is -0.0400. The number of fused-ring (bicyclic) bond motifs is 1. The molecule has 82 valence electrons. The van der Waals surface area contributed by atoms with Crippen molar-refractivity contribution in [3.05, 3.63) is 0 Å². The van der Waals surface area contributed by atoms with Gasteiger partial charge >= 0.3 is 0 Å². The molecule has 2 aliphatic carbocycles. The van der Waals surface area contributed by atoms with Crippen LogP contribution in [0.25, 0.3) is 0 Å². The van der Waals surface area contributed by atoms with Gasteiger partial charge in [0.15, 0.2) is 0 Å². The van der Waals surface area contributed by atoms with Gasteiger partial charge in [-0.15, -0.1) is 0 Å². The lowest BCUT2D eigenvalue weighted by atomic mass is 9.91. The quantitative estimate of drug-likeness (QED) is 0.711. The van der Waals surface area contributed by atoms with E-state index >= 15 is 0 Å². The Kier molecular flexibility index (Phi) is 3.16. The van der Waals surface area contributed by atoms with Gasteiger partial charge in [0, 0.05) is 6.04 Å². The number of nitrogens with one attached hydrogen (secondary N) is 1. The van der Waals surface area contributed by atoms with Gasteiger partial charge in [0.05, 0.1) is 0 Å². The van der Waals surface area contributed by atoms with Crippen LogP contribution in [0, 0.1) is 23.7 Å². The van der Waals surface area contributed by atoms with Gasteiger partial charge in [0.2, 0.25) is 0 Å². The first kappa shape index (κ1) is 10.5. The largest absolute Gasteiger partial charge is 0.314 e. The number of rotatable bonds is 5. The van der Waals surface area contributed by atoms with Gasteiger partial charge in [0.1, 0.15) is 0 Å². The Balaban J connectivity index is 1.91. The molecule has 0 radical (unpaired) electrons. The zero-order valence-electron chi connectivity index (χ0n) is 9.92. The molecule has 0 saturated heterocycles. The lowest BCUT2D eigenvalue weighted by Crippen LogP contribution is -2.38. The lowest BCUT2D eigenvalue weighted by molar-refractivity contribution is 0.307. The van der Waals surface area contributed by atoms with Crippen LogP contribution in [-0.2, 0) is 0 Å². The van der Waals surface area contributed by atoms with Crippen molar-refractivity contribution in [1.82, 2.24) is 5.32 Å². The zero-order chi connectivity index (χ0) is 10.1. The van der Waals surface area contributed by atoms with E-state index in [2.05, 4.69) is 26.1 Å². The van der Waals surface area contributed by atoms with E-state index in [9.17, 15) is 0 Å². The van der Waals surface area contributed by atoms with Crippen molar-refractivity contribution >= 4 is 0 Å². The average Bonchev–Trinajstić information content (AvgIpc) is 2.67. The van der Waals surface area contributed by atoms with E-state index in [0.717, 1.165) is 36.3 Å². The predicted molar refractivity (Wildman–Crippen MR) is 61.2 cm³/mol. The molecular weight excluding hydrogens is 170 g/mol. The highest BCUT2D eigenvalue weighted by Crippen LogP contribution is 2.59. The summed E-state index contributed by atoms with van der Waals surface area (Å²) in [5.41, 5.74) is 0. The molecular formula is C13H25N. The van der Waals surface area contributed by atoms with Gasteiger partial charge < -0.3 is 5.32 Å². The number of hydrogen-bond acceptors (Lipinski definition) is 1. The van der Waals surface area contributed by atoms with Gasteiger partial charge in [-0.2, -0.15) is 0 Å². The highest BCUT2D eigenvalue weighted by molar-refractivity contribution is 5.07. The summed E-state index contributed by atoms with van der Waals surface area (Å²) in [6.45, 7) is 8.13. The van der Waals surface area contributed by atoms with E-state index < -0.39 is 0 Å². The van der Waals surface area contributed by atoms with Crippen molar-refractivity contribution in [2.45, 2.75) is 52.5 Å². The van der Waals surface area contributed by atoms with Crippen molar-refractivity contribution in [3.63, 3.8) is 0 Å². The minimum absolute atomic E-state index is 0.820. The molecule has 2 fully saturated rings. The maximum Gasteiger partial charge on any atom is 0.0126 e. The third kappa shape index (κ3) is 1.71. The standard InChI is InChI=1S/C13H25N/c1-4-9(3)13(14-5-2)12-10-7-6-8-11(10)12/h9-14H,4-8H2,1-3H3. The molecule has 0 aromatic carbocycles. The van der Waals surface area contributed by atoms with Crippen LogP contribution in [0.5, 0.6) is 0 Å². The minimum atomic E-state index is 0.820. The van der Waals surface area contributed by atoms with Gasteiger partial charge in [-0.05, 0) is 43.1 Å². The molecule has 0 aromatic rings. The topological polar surface area (TPSA) is 12.0 Å². The first-order valence-electron chi connectivity index (χ1n) is 6.53. The summed E-state index contributed by atoms with van der Waals surface area (Å²) in [5.74, 6) is 4.12. The summed E-state index contributed by atoms with van der Waals surface area (Å²) in [4.78, 5) is 0. The molecule has 0 bridgehead atoms. The molecule has 1 N–H and O–H groups in total. The first-order chi connectivity index (χ1) is 6.79. The van der Waals surface area contributed by atoms with Crippen molar-refractivity contribution in [3.8, 4) is 0 Å². The van der Waals surface area contributed by atoms with Crippen LogP contribution in [0.1, 0.15) is 46.5 Å². The highest BCUT2D eigenvalue weighted by atomic mass is 14.9. The van der Waals surface area contributed by atoms with Crippen molar-refractivity contribution in [2.24, 2.45) is 23.7 Å².